The summed E-state index contributed by atoms with van der Waals surface area (Å²) in [6, 6.07) is 13.7. The number of benzene rings is 2. The number of nitrogens with one attached hydrogen (secondary N) is 1. The standard InChI is InChI=1S/C17H20N2O/c1-11(2)13-5-4-6-14(10-13)20-16-8-7-12(3)9-15(16)17(18)19/h4-11H,1-3H3,(H3,18,19). The third-order valence-electron chi connectivity index (χ3n) is 3.18. The molecule has 0 aliphatic carbocycles. The fraction of sp³-hybridized carbons (Fsp3) is 0.235. The minimum absolute atomic E-state index is 0.0173. The van der Waals surface area contributed by atoms with E-state index in [1.165, 1.54) is 5.56 Å². The van der Waals surface area contributed by atoms with Gasteiger partial charge in [0.1, 0.15) is 17.3 Å². The van der Waals surface area contributed by atoms with E-state index in [0.29, 0.717) is 17.2 Å². The molecule has 0 fully saturated rings. The Morgan fingerprint density at radius 3 is 2.55 bits per heavy atom. The maximum Gasteiger partial charge on any atom is 0.138 e. The van der Waals surface area contributed by atoms with Crippen LogP contribution in [0.25, 0.3) is 0 Å². The summed E-state index contributed by atoms with van der Waals surface area (Å²) in [7, 11) is 0. The molecular formula is C17H20N2O. The molecule has 2 aromatic rings. The Morgan fingerprint density at radius 2 is 1.90 bits per heavy atom. The molecule has 104 valence electrons. The minimum Gasteiger partial charge on any atom is -0.457 e. The summed E-state index contributed by atoms with van der Waals surface area (Å²) in [6.45, 7) is 6.26. The first-order valence-corrected chi connectivity index (χ1v) is 6.70. The largest absolute Gasteiger partial charge is 0.457 e. The number of nitrogens with two attached hydrogens (primary N) is 1. The number of hydrogen-bond donors (Lipinski definition) is 2. The van der Waals surface area contributed by atoms with Crippen LogP contribution in [0, 0.1) is 12.3 Å². The van der Waals surface area contributed by atoms with E-state index in [1.54, 1.807) is 0 Å². The summed E-state index contributed by atoms with van der Waals surface area (Å²) >= 11 is 0. The van der Waals surface area contributed by atoms with Crippen LogP contribution in [0.5, 0.6) is 11.5 Å². The minimum atomic E-state index is 0.0173. The normalized spacial score (nSPS) is 10.6. The van der Waals surface area contributed by atoms with Crippen LogP contribution < -0.4 is 10.5 Å². The molecule has 0 heterocycles. The molecule has 0 radical (unpaired) electrons. The van der Waals surface area contributed by atoms with Gasteiger partial charge in [-0.2, -0.15) is 0 Å². The van der Waals surface area contributed by atoms with Crippen molar-refractivity contribution in [3.8, 4) is 11.5 Å². The second kappa shape index (κ2) is 5.78. The van der Waals surface area contributed by atoms with Gasteiger partial charge in [-0.05, 0) is 42.7 Å². The third kappa shape index (κ3) is 3.18. The molecular weight excluding hydrogens is 248 g/mol. The molecule has 0 bridgehead atoms. The first-order chi connectivity index (χ1) is 9.47. The van der Waals surface area contributed by atoms with Gasteiger partial charge in [-0.15, -0.1) is 0 Å². The molecule has 0 aliphatic rings. The fourth-order valence-corrected chi connectivity index (χ4v) is 2.01. The molecule has 0 spiro atoms. The van der Waals surface area contributed by atoms with Crippen molar-refractivity contribution in [1.82, 2.24) is 0 Å². The third-order valence-corrected chi connectivity index (χ3v) is 3.18. The van der Waals surface area contributed by atoms with E-state index in [9.17, 15) is 0 Å². The zero-order valence-electron chi connectivity index (χ0n) is 12.1. The maximum absolute atomic E-state index is 7.65. The zero-order valence-corrected chi connectivity index (χ0v) is 12.1. The van der Waals surface area contributed by atoms with E-state index in [1.807, 2.05) is 43.3 Å². The molecule has 20 heavy (non-hydrogen) atoms. The lowest BCUT2D eigenvalue weighted by atomic mass is 10.0. The topological polar surface area (TPSA) is 59.1 Å². The highest BCUT2D eigenvalue weighted by Crippen LogP contribution is 2.28. The molecule has 2 aromatic carbocycles. The van der Waals surface area contributed by atoms with Gasteiger partial charge in [0.2, 0.25) is 0 Å². The Morgan fingerprint density at radius 1 is 1.15 bits per heavy atom. The zero-order chi connectivity index (χ0) is 14.7. The van der Waals surface area contributed by atoms with Crippen molar-refractivity contribution in [2.24, 2.45) is 5.73 Å². The smallest absolute Gasteiger partial charge is 0.138 e. The van der Waals surface area contributed by atoms with E-state index in [2.05, 4.69) is 19.9 Å². The predicted octanol–water partition coefficient (Wildman–Crippen LogP) is 4.19. The SMILES string of the molecule is Cc1ccc(Oc2cccc(C(C)C)c2)c(C(=N)N)c1. The second-order valence-corrected chi connectivity index (χ2v) is 5.24. The molecule has 3 heteroatoms. The van der Waals surface area contributed by atoms with Gasteiger partial charge in [-0.25, -0.2) is 0 Å². The number of nitrogen functional groups attached to an aromatic ring is 1. The van der Waals surface area contributed by atoms with Crippen LogP contribution in [-0.2, 0) is 0 Å². The van der Waals surface area contributed by atoms with Crippen LogP contribution in [0.15, 0.2) is 42.5 Å². The first-order valence-electron chi connectivity index (χ1n) is 6.70. The molecule has 2 rings (SSSR count). The highest BCUT2D eigenvalue weighted by Gasteiger charge is 2.09. The molecule has 3 N–H and O–H groups in total. The summed E-state index contributed by atoms with van der Waals surface area (Å²) < 4.78 is 5.90. The van der Waals surface area contributed by atoms with E-state index in [0.717, 1.165) is 11.3 Å². The molecule has 0 saturated heterocycles. The highest BCUT2D eigenvalue weighted by molar-refractivity contribution is 5.97. The Balaban J connectivity index is 2.35. The molecule has 0 atom stereocenters. The first kappa shape index (κ1) is 14.1. The van der Waals surface area contributed by atoms with Gasteiger partial charge in [0.05, 0.1) is 5.56 Å². The lowest BCUT2D eigenvalue weighted by Crippen LogP contribution is -2.12. The van der Waals surface area contributed by atoms with Gasteiger partial charge in [-0.3, -0.25) is 5.41 Å². The second-order valence-electron chi connectivity index (χ2n) is 5.24. The van der Waals surface area contributed by atoms with Gasteiger partial charge < -0.3 is 10.5 Å². The number of aryl methyl sites for hydroxylation is 1. The van der Waals surface area contributed by atoms with Gasteiger partial charge in [0.15, 0.2) is 0 Å². The molecule has 0 aromatic heterocycles. The number of rotatable bonds is 4. The van der Waals surface area contributed by atoms with Gasteiger partial charge in [0.25, 0.3) is 0 Å². The van der Waals surface area contributed by atoms with Gasteiger partial charge in [-0.1, -0.05) is 37.6 Å². The Bertz CT molecular complexity index is 633. The van der Waals surface area contributed by atoms with Crippen molar-refractivity contribution >= 4 is 5.84 Å². The van der Waals surface area contributed by atoms with E-state index in [-0.39, 0.29) is 5.84 Å². The quantitative estimate of drug-likeness (QED) is 0.645. The summed E-state index contributed by atoms with van der Waals surface area (Å²) in [6.07, 6.45) is 0. The molecule has 0 unspecified atom stereocenters. The number of hydrogen-bond acceptors (Lipinski definition) is 2. The van der Waals surface area contributed by atoms with Gasteiger partial charge >= 0.3 is 0 Å². The Hall–Kier alpha value is -2.29. The monoisotopic (exact) mass is 268 g/mol. The average Bonchev–Trinajstić information content (AvgIpc) is 2.41. The molecule has 3 nitrogen and oxygen atoms in total. The van der Waals surface area contributed by atoms with E-state index < -0.39 is 0 Å². The van der Waals surface area contributed by atoms with Crippen molar-refractivity contribution < 1.29 is 4.74 Å². The lowest BCUT2D eigenvalue weighted by molar-refractivity contribution is 0.480. The fourth-order valence-electron chi connectivity index (χ4n) is 2.01. The average molecular weight is 268 g/mol. The van der Waals surface area contributed by atoms with Gasteiger partial charge in [0, 0.05) is 0 Å². The Labute approximate surface area is 119 Å². The summed E-state index contributed by atoms with van der Waals surface area (Å²) in [5, 5.41) is 7.65. The molecule has 0 aliphatic heterocycles. The summed E-state index contributed by atoms with van der Waals surface area (Å²) in [5.74, 6) is 1.85. The van der Waals surface area contributed by atoms with Crippen molar-refractivity contribution in [2.75, 3.05) is 0 Å². The van der Waals surface area contributed by atoms with E-state index in [4.69, 9.17) is 15.9 Å². The van der Waals surface area contributed by atoms with Crippen LogP contribution in [0.4, 0.5) is 0 Å². The van der Waals surface area contributed by atoms with Crippen LogP contribution in [-0.4, -0.2) is 5.84 Å². The predicted molar refractivity (Wildman–Crippen MR) is 82.8 cm³/mol. The number of amidine groups is 1. The maximum atomic E-state index is 7.65. The van der Waals surface area contributed by atoms with Crippen molar-refractivity contribution in [3.63, 3.8) is 0 Å². The van der Waals surface area contributed by atoms with Crippen LogP contribution in [0.3, 0.4) is 0 Å². The van der Waals surface area contributed by atoms with Crippen molar-refractivity contribution in [2.45, 2.75) is 26.7 Å². The highest BCUT2D eigenvalue weighted by atomic mass is 16.5. The summed E-state index contributed by atoms with van der Waals surface area (Å²) in [5.41, 5.74) is 8.52. The number of ether oxygens (including phenoxy) is 1. The summed E-state index contributed by atoms with van der Waals surface area (Å²) in [4.78, 5) is 0. The molecule has 0 saturated carbocycles. The van der Waals surface area contributed by atoms with E-state index >= 15 is 0 Å². The van der Waals surface area contributed by atoms with Crippen LogP contribution >= 0.6 is 0 Å². The lowest BCUT2D eigenvalue weighted by Gasteiger charge is -2.13. The van der Waals surface area contributed by atoms with Crippen molar-refractivity contribution in [3.05, 3.63) is 59.2 Å². The van der Waals surface area contributed by atoms with Crippen LogP contribution in [0.2, 0.25) is 0 Å². The van der Waals surface area contributed by atoms with Crippen molar-refractivity contribution in [1.29, 1.82) is 5.41 Å². The molecule has 0 amide bonds. The van der Waals surface area contributed by atoms with Crippen LogP contribution in [0.1, 0.15) is 36.5 Å². The Kier molecular flexibility index (Phi) is 4.08.